The highest BCUT2D eigenvalue weighted by Gasteiger charge is 2.24. The molecule has 1 aromatic rings. The quantitative estimate of drug-likeness (QED) is 0.655. The highest BCUT2D eigenvalue weighted by Crippen LogP contribution is 2.24. The zero-order chi connectivity index (χ0) is 10.1. The molecule has 1 fully saturated rings. The minimum Gasteiger partial charge on any atom is -0.396 e. The van der Waals surface area contributed by atoms with Crippen molar-refractivity contribution in [1.29, 1.82) is 0 Å². The van der Waals surface area contributed by atoms with E-state index in [1.165, 1.54) is 17.0 Å². The predicted molar refractivity (Wildman–Crippen MR) is 51.6 cm³/mol. The molecule has 1 aliphatic rings. The molecule has 0 aliphatic carbocycles. The maximum absolute atomic E-state index is 13.5. The molecule has 0 atom stereocenters. The molecule has 4 nitrogen and oxygen atoms in total. The van der Waals surface area contributed by atoms with Crippen molar-refractivity contribution in [1.82, 2.24) is 5.32 Å². The molecular weight excluding hydrogens is 185 g/mol. The second-order valence-electron chi connectivity index (χ2n) is 3.06. The first kappa shape index (κ1) is 8.80. The number of hydrogen-bond acceptors (Lipinski definition) is 2. The van der Waals surface area contributed by atoms with Gasteiger partial charge < -0.3 is 11.1 Å². The van der Waals surface area contributed by atoms with Gasteiger partial charge in [0.2, 0.25) is 0 Å². The Morgan fingerprint density at radius 3 is 2.93 bits per heavy atom. The average molecular weight is 195 g/mol. The lowest BCUT2D eigenvalue weighted by molar-refractivity contribution is 0.252. The molecule has 74 valence electrons. The van der Waals surface area contributed by atoms with Crippen LogP contribution in [0.15, 0.2) is 18.2 Å². The van der Waals surface area contributed by atoms with Crippen LogP contribution in [0.3, 0.4) is 0 Å². The number of nitrogens with one attached hydrogen (secondary N) is 1. The Morgan fingerprint density at radius 2 is 2.29 bits per heavy atom. The Kier molecular flexibility index (Phi) is 1.99. The molecule has 2 amide bonds. The van der Waals surface area contributed by atoms with E-state index in [0.29, 0.717) is 13.1 Å². The Hall–Kier alpha value is -1.78. The fraction of sp³-hybridized carbons (Fsp3) is 0.222. The van der Waals surface area contributed by atoms with Crippen LogP contribution in [0.1, 0.15) is 0 Å². The van der Waals surface area contributed by atoms with Gasteiger partial charge in [-0.3, -0.25) is 4.90 Å². The van der Waals surface area contributed by atoms with E-state index < -0.39 is 5.82 Å². The van der Waals surface area contributed by atoms with E-state index in [9.17, 15) is 9.18 Å². The summed E-state index contributed by atoms with van der Waals surface area (Å²) in [7, 11) is 0. The smallest absolute Gasteiger partial charge is 0.322 e. The number of benzene rings is 1. The summed E-state index contributed by atoms with van der Waals surface area (Å²) in [6, 6.07) is 4.34. The van der Waals surface area contributed by atoms with Crippen molar-refractivity contribution in [3.05, 3.63) is 24.0 Å². The maximum Gasteiger partial charge on any atom is 0.322 e. The van der Waals surface area contributed by atoms with Gasteiger partial charge in [0.05, 0.1) is 11.4 Å². The van der Waals surface area contributed by atoms with Gasteiger partial charge in [0, 0.05) is 13.1 Å². The number of anilines is 2. The number of carbonyl (C=O) groups is 1. The Bertz CT molecular complexity index is 380. The van der Waals surface area contributed by atoms with Gasteiger partial charge in [-0.25, -0.2) is 9.18 Å². The SMILES string of the molecule is Nc1cccc(N2CCNC2=O)c1F. The first-order chi connectivity index (χ1) is 6.70. The minimum atomic E-state index is -0.537. The predicted octanol–water partition coefficient (Wildman–Crippen LogP) is 0.938. The molecular formula is C9H10FN3O. The molecule has 1 aliphatic heterocycles. The van der Waals surface area contributed by atoms with Gasteiger partial charge in [0.25, 0.3) is 0 Å². The van der Waals surface area contributed by atoms with Gasteiger partial charge in [0.1, 0.15) is 0 Å². The lowest BCUT2D eigenvalue weighted by Gasteiger charge is -2.15. The van der Waals surface area contributed by atoms with Gasteiger partial charge in [-0.15, -0.1) is 0 Å². The Morgan fingerprint density at radius 1 is 1.50 bits per heavy atom. The normalized spacial score (nSPS) is 15.8. The van der Waals surface area contributed by atoms with E-state index >= 15 is 0 Å². The number of halogens is 1. The first-order valence-corrected chi connectivity index (χ1v) is 4.29. The lowest BCUT2D eigenvalue weighted by atomic mass is 10.2. The van der Waals surface area contributed by atoms with Crippen molar-refractivity contribution in [2.45, 2.75) is 0 Å². The molecule has 5 heteroatoms. The summed E-state index contributed by atoms with van der Waals surface area (Å²) in [6.45, 7) is 1.01. The molecule has 0 unspecified atom stereocenters. The van der Waals surface area contributed by atoms with Crippen LogP contribution < -0.4 is 16.0 Å². The van der Waals surface area contributed by atoms with Crippen molar-refractivity contribution < 1.29 is 9.18 Å². The number of urea groups is 1. The summed E-state index contributed by atoms with van der Waals surface area (Å²) >= 11 is 0. The van der Waals surface area contributed by atoms with Crippen molar-refractivity contribution in [3.63, 3.8) is 0 Å². The van der Waals surface area contributed by atoms with Crippen LogP contribution in [0.4, 0.5) is 20.6 Å². The van der Waals surface area contributed by atoms with Crippen LogP contribution in [-0.2, 0) is 0 Å². The summed E-state index contributed by atoms with van der Waals surface area (Å²) < 4.78 is 13.5. The third kappa shape index (κ3) is 1.26. The molecule has 1 heterocycles. The van der Waals surface area contributed by atoms with Gasteiger partial charge >= 0.3 is 6.03 Å². The number of hydrogen-bond donors (Lipinski definition) is 2. The van der Waals surface area contributed by atoms with Crippen molar-refractivity contribution in [3.8, 4) is 0 Å². The minimum absolute atomic E-state index is 0.0576. The highest BCUT2D eigenvalue weighted by atomic mass is 19.1. The molecule has 1 aromatic carbocycles. The van der Waals surface area contributed by atoms with Crippen molar-refractivity contribution >= 4 is 17.4 Å². The molecule has 14 heavy (non-hydrogen) atoms. The number of nitrogen functional groups attached to an aromatic ring is 1. The molecule has 0 aromatic heterocycles. The number of carbonyl (C=O) groups excluding carboxylic acids is 1. The van der Waals surface area contributed by atoms with E-state index in [0.717, 1.165) is 0 Å². The van der Waals surface area contributed by atoms with E-state index in [-0.39, 0.29) is 17.4 Å². The van der Waals surface area contributed by atoms with E-state index in [1.807, 2.05) is 0 Å². The fourth-order valence-corrected chi connectivity index (χ4v) is 1.45. The van der Waals surface area contributed by atoms with Crippen molar-refractivity contribution in [2.24, 2.45) is 0 Å². The molecule has 0 saturated carbocycles. The zero-order valence-electron chi connectivity index (χ0n) is 7.46. The van der Waals surface area contributed by atoms with Crippen LogP contribution in [0, 0.1) is 5.82 Å². The summed E-state index contributed by atoms with van der Waals surface area (Å²) in [5.41, 5.74) is 5.69. The van der Waals surface area contributed by atoms with E-state index in [2.05, 4.69) is 5.32 Å². The van der Waals surface area contributed by atoms with Crippen LogP contribution >= 0.6 is 0 Å². The second-order valence-corrected chi connectivity index (χ2v) is 3.06. The number of rotatable bonds is 1. The molecule has 0 bridgehead atoms. The van der Waals surface area contributed by atoms with Crippen LogP contribution in [0.2, 0.25) is 0 Å². The van der Waals surface area contributed by atoms with Gasteiger partial charge in [-0.1, -0.05) is 6.07 Å². The maximum atomic E-state index is 13.5. The zero-order valence-corrected chi connectivity index (χ0v) is 7.46. The molecule has 0 radical (unpaired) electrons. The van der Waals surface area contributed by atoms with Gasteiger partial charge in [-0.2, -0.15) is 0 Å². The lowest BCUT2D eigenvalue weighted by Crippen LogP contribution is -2.28. The van der Waals surface area contributed by atoms with Gasteiger partial charge in [-0.05, 0) is 12.1 Å². The summed E-state index contributed by atoms with van der Waals surface area (Å²) in [6.07, 6.45) is 0. The summed E-state index contributed by atoms with van der Waals surface area (Å²) in [5.74, 6) is -0.537. The van der Waals surface area contributed by atoms with Gasteiger partial charge in [0.15, 0.2) is 5.82 Å². The highest BCUT2D eigenvalue weighted by molar-refractivity contribution is 5.94. The Balaban J connectivity index is 2.41. The third-order valence-electron chi connectivity index (χ3n) is 2.16. The number of amides is 2. The summed E-state index contributed by atoms with van der Waals surface area (Å²) in [5, 5.41) is 2.59. The fourth-order valence-electron chi connectivity index (χ4n) is 1.45. The third-order valence-corrected chi connectivity index (χ3v) is 2.16. The second kappa shape index (κ2) is 3.17. The van der Waals surface area contributed by atoms with E-state index in [4.69, 9.17) is 5.73 Å². The molecule has 3 N–H and O–H groups in total. The number of nitrogens with two attached hydrogens (primary N) is 1. The average Bonchev–Trinajstić information content (AvgIpc) is 2.57. The summed E-state index contributed by atoms with van der Waals surface area (Å²) in [4.78, 5) is 12.6. The topological polar surface area (TPSA) is 58.4 Å². The van der Waals surface area contributed by atoms with Crippen molar-refractivity contribution in [2.75, 3.05) is 23.7 Å². The van der Waals surface area contributed by atoms with Crippen LogP contribution in [0.5, 0.6) is 0 Å². The standard InChI is InChI=1S/C9H10FN3O/c10-8-6(11)2-1-3-7(8)13-5-4-12-9(13)14/h1-3H,4-5,11H2,(H,12,14). The number of nitrogens with zero attached hydrogens (tertiary/aromatic N) is 1. The van der Waals surface area contributed by atoms with E-state index in [1.54, 1.807) is 6.07 Å². The molecule has 1 saturated heterocycles. The molecule has 0 spiro atoms. The Labute approximate surface area is 80.5 Å². The van der Waals surface area contributed by atoms with Crippen LogP contribution in [-0.4, -0.2) is 19.1 Å². The first-order valence-electron chi connectivity index (χ1n) is 4.29. The monoisotopic (exact) mass is 195 g/mol. The van der Waals surface area contributed by atoms with Crippen LogP contribution in [0.25, 0.3) is 0 Å². The molecule has 2 rings (SSSR count). The largest absolute Gasteiger partial charge is 0.396 e.